The van der Waals surface area contributed by atoms with Crippen LogP contribution in [0.1, 0.15) is 22.5 Å². The zero-order valence-corrected chi connectivity index (χ0v) is 11.6. The largest absolute Gasteiger partial charge is 0.380 e. The summed E-state index contributed by atoms with van der Waals surface area (Å²) in [5.41, 5.74) is 1.45. The highest BCUT2D eigenvalue weighted by Gasteiger charge is 2.29. The van der Waals surface area contributed by atoms with Gasteiger partial charge in [-0.2, -0.15) is 0 Å². The van der Waals surface area contributed by atoms with Crippen molar-refractivity contribution in [3.05, 3.63) is 11.3 Å². The van der Waals surface area contributed by atoms with Crippen LogP contribution in [0.5, 0.6) is 0 Å². The van der Waals surface area contributed by atoms with E-state index in [1.807, 2.05) is 6.26 Å². The van der Waals surface area contributed by atoms with E-state index >= 15 is 0 Å². The van der Waals surface area contributed by atoms with E-state index in [2.05, 4.69) is 20.2 Å². The third-order valence-corrected chi connectivity index (χ3v) is 3.84. The standard InChI is InChI=1S/C12H16N4O2S/c1-19-12-14-8-7-13-11(17)9(8)10(15-12)16-3-2-5-18-6-4-16/h2-7H2,1H3,(H,13,17). The van der Waals surface area contributed by atoms with Gasteiger partial charge in [-0.1, -0.05) is 11.8 Å². The van der Waals surface area contributed by atoms with Gasteiger partial charge >= 0.3 is 0 Å². The number of nitrogens with zero attached hydrogens (tertiary/aromatic N) is 3. The van der Waals surface area contributed by atoms with E-state index in [1.54, 1.807) is 0 Å². The zero-order chi connectivity index (χ0) is 13.2. The molecular weight excluding hydrogens is 264 g/mol. The first kappa shape index (κ1) is 12.7. The van der Waals surface area contributed by atoms with Crippen LogP contribution in [-0.2, 0) is 11.3 Å². The Hall–Kier alpha value is -1.34. The number of rotatable bonds is 2. The molecule has 0 bridgehead atoms. The van der Waals surface area contributed by atoms with Crippen LogP contribution in [0.2, 0.25) is 0 Å². The minimum absolute atomic E-state index is 0.0668. The summed E-state index contributed by atoms with van der Waals surface area (Å²) in [5, 5.41) is 3.54. The molecule has 0 aromatic carbocycles. The number of anilines is 1. The molecule has 19 heavy (non-hydrogen) atoms. The summed E-state index contributed by atoms with van der Waals surface area (Å²) in [5.74, 6) is 0.692. The summed E-state index contributed by atoms with van der Waals surface area (Å²) < 4.78 is 5.46. The molecule has 6 nitrogen and oxygen atoms in total. The third kappa shape index (κ3) is 2.40. The second-order valence-electron chi connectivity index (χ2n) is 4.49. The van der Waals surface area contributed by atoms with Crippen molar-refractivity contribution >= 4 is 23.5 Å². The van der Waals surface area contributed by atoms with Crippen molar-refractivity contribution in [2.75, 3.05) is 37.5 Å². The summed E-state index contributed by atoms with van der Waals surface area (Å²) in [6, 6.07) is 0. The van der Waals surface area contributed by atoms with Gasteiger partial charge in [0, 0.05) is 19.7 Å². The molecular formula is C12H16N4O2S. The maximum absolute atomic E-state index is 12.0. The van der Waals surface area contributed by atoms with Crippen molar-refractivity contribution < 1.29 is 9.53 Å². The average Bonchev–Trinajstić information content (AvgIpc) is 2.67. The summed E-state index contributed by atoms with van der Waals surface area (Å²) in [6.07, 6.45) is 2.90. The average molecular weight is 280 g/mol. The maximum Gasteiger partial charge on any atom is 0.257 e. The molecule has 1 saturated heterocycles. The van der Waals surface area contributed by atoms with Gasteiger partial charge in [0.2, 0.25) is 0 Å². The van der Waals surface area contributed by atoms with Crippen molar-refractivity contribution in [2.45, 2.75) is 18.1 Å². The Morgan fingerprint density at radius 3 is 3.05 bits per heavy atom. The topological polar surface area (TPSA) is 67.3 Å². The fraction of sp³-hybridized carbons (Fsp3) is 0.583. The van der Waals surface area contributed by atoms with Gasteiger partial charge in [-0.15, -0.1) is 0 Å². The highest BCUT2D eigenvalue weighted by Crippen LogP contribution is 2.27. The summed E-state index contributed by atoms with van der Waals surface area (Å²) in [4.78, 5) is 23.0. The van der Waals surface area contributed by atoms with Crippen LogP contribution < -0.4 is 10.2 Å². The van der Waals surface area contributed by atoms with E-state index < -0.39 is 0 Å². The molecule has 0 saturated carbocycles. The minimum atomic E-state index is -0.0668. The fourth-order valence-electron chi connectivity index (χ4n) is 2.36. The number of hydrogen-bond acceptors (Lipinski definition) is 6. The highest BCUT2D eigenvalue weighted by atomic mass is 32.2. The molecule has 2 aliphatic heterocycles. The predicted molar refractivity (Wildman–Crippen MR) is 72.6 cm³/mol. The molecule has 1 aromatic heterocycles. The van der Waals surface area contributed by atoms with Gasteiger partial charge < -0.3 is 15.0 Å². The van der Waals surface area contributed by atoms with Gasteiger partial charge in [0.15, 0.2) is 5.16 Å². The summed E-state index contributed by atoms with van der Waals surface area (Å²) in [6.45, 7) is 3.58. The molecule has 1 fully saturated rings. The SMILES string of the molecule is CSc1nc2c(c(N3CCCOCC3)n1)C(=O)NC2. The van der Waals surface area contributed by atoms with Crippen molar-refractivity contribution in [1.29, 1.82) is 0 Å². The number of carbonyl (C=O) groups is 1. The number of carbonyl (C=O) groups excluding carboxylic acids is 1. The Bertz CT molecular complexity index is 501. The van der Waals surface area contributed by atoms with Crippen LogP contribution in [0.3, 0.4) is 0 Å². The number of hydrogen-bond donors (Lipinski definition) is 1. The van der Waals surface area contributed by atoms with E-state index in [0.717, 1.165) is 42.8 Å². The lowest BCUT2D eigenvalue weighted by Gasteiger charge is -2.22. The Labute approximate surface area is 115 Å². The normalized spacial score (nSPS) is 19.0. The van der Waals surface area contributed by atoms with Crippen molar-refractivity contribution in [3.8, 4) is 0 Å². The van der Waals surface area contributed by atoms with E-state index in [1.165, 1.54) is 11.8 Å². The lowest BCUT2D eigenvalue weighted by molar-refractivity contribution is 0.0966. The maximum atomic E-state index is 12.0. The number of thioether (sulfide) groups is 1. The molecule has 1 aromatic rings. The Morgan fingerprint density at radius 1 is 1.32 bits per heavy atom. The number of ether oxygens (including phenoxy) is 1. The molecule has 2 aliphatic rings. The fourth-order valence-corrected chi connectivity index (χ4v) is 2.74. The number of amides is 1. The molecule has 102 valence electrons. The second-order valence-corrected chi connectivity index (χ2v) is 5.26. The monoisotopic (exact) mass is 280 g/mol. The smallest absolute Gasteiger partial charge is 0.257 e. The molecule has 1 N–H and O–H groups in total. The lowest BCUT2D eigenvalue weighted by atomic mass is 10.2. The molecule has 0 aliphatic carbocycles. The van der Waals surface area contributed by atoms with Gasteiger partial charge in [-0.05, 0) is 12.7 Å². The van der Waals surface area contributed by atoms with E-state index in [4.69, 9.17) is 4.74 Å². The van der Waals surface area contributed by atoms with Gasteiger partial charge in [0.25, 0.3) is 5.91 Å². The first-order valence-corrected chi connectivity index (χ1v) is 7.58. The lowest BCUT2D eigenvalue weighted by Crippen LogP contribution is -2.29. The van der Waals surface area contributed by atoms with Crippen LogP contribution in [0, 0.1) is 0 Å². The molecule has 0 unspecified atom stereocenters. The molecule has 3 heterocycles. The molecule has 0 radical (unpaired) electrons. The third-order valence-electron chi connectivity index (χ3n) is 3.29. The number of nitrogens with one attached hydrogen (secondary N) is 1. The van der Waals surface area contributed by atoms with E-state index in [9.17, 15) is 4.79 Å². The summed E-state index contributed by atoms with van der Waals surface area (Å²) in [7, 11) is 0. The van der Waals surface area contributed by atoms with E-state index in [-0.39, 0.29) is 5.91 Å². The molecule has 0 atom stereocenters. The minimum Gasteiger partial charge on any atom is -0.380 e. The van der Waals surface area contributed by atoms with Gasteiger partial charge in [0.05, 0.1) is 18.8 Å². The molecule has 7 heteroatoms. The van der Waals surface area contributed by atoms with Gasteiger partial charge in [0.1, 0.15) is 11.4 Å². The number of aromatic nitrogens is 2. The zero-order valence-electron chi connectivity index (χ0n) is 10.8. The van der Waals surface area contributed by atoms with Crippen LogP contribution in [0.4, 0.5) is 5.82 Å². The highest BCUT2D eigenvalue weighted by molar-refractivity contribution is 7.98. The van der Waals surface area contributed by atoms with Crippen LogP contribution >= 0.6 is 11.8 Å². The first-order chi connectivity index (χ1) is 9.29. The van der Waals surface area contributed by atoms with Gasteiger partial charge in [-0.3, -0.25) is 4.79 Å². The first-order valence-electron chi connectivity index (χ1n) is 6.35. The predicted octanol–water partition coefficient (Wildman–Crippen LogP) is 0.669. The second kappa shape index (κ2) is 5.34. The van der Waals surface area contributed by atoms with Crippen LogP contribution in [0.25, 0.3) is 0 Å². The quantitative estimate of drug-likeness (QED) is 0.634. The van der Waals surface area contributed by atoms with Crippen molar-refractivity contribution in [2.24, 2.45) is 0 Å². The molecule has 0 spiro atoms. The van der Waals surface area contributed by atoms with Crippen molar-refractivity contribution in [1.82, 2.24) is 15.3 Å². The van der Waals surface area contributed by atoms with Crippen LogP contribution in [0.15, 0.2) is 5.16 Å². The van der Waals surface area contributed by atoms with Gasteiger partial charge in [-0.25, -0.2) is 9.97 Å². The van der Waals surface area contributed by atoms with Crippen LogP contribution in [-0.4, -0.2) is 48.4 Å². The Balaban J connectivity index is 2.03. The summed E-state index contributed by atoms with van der Waals surface area (Å²) >= 11 is 1.50. The Morgan fingerprint density at radius 2 is 2.21 bits per heavy atom. The molecule has 1 amide bonds. The number of fused-ring (bicyclic) bond motifs is 1. The van der Waals surface area contributed by atoms with E-state index in [0.29, 0.717) is 18.7 Å². The van der Waals surface area contributed by atoms with Crippen molar-refractivity contribution in [3.63, 3.8) is 0 Å². The Kier molecular flexibility index (Phi) is 3.56. The molecule has 3 rings (SSSR count).